The predicted molar refractivity (Wildman–Crippen MR) is 159 cm³/mol. The molecule has 0 amide bonds. The van der Waals surface area contributed by atoms with Crippen LogP contribution in [-0.2, 0) is 6.42 Å². The molecule has 0 aliphatic heterocycles. The largest absolute Gasteiger partial charge is 0.335 e. The molecule has 0 spiro atoms. The average molecular weight is 542 g/mol. The van der Waals surface area contributed by atoms with Gasteiger partial charge in [-0.3, -0.25) is 10.1 Å². The molecule has 0 bridgehead atoms. The maximum atomic E-state index is 13.5. The fourth-order valence-electron chi connectivity index (χ4n) is 5.26. The molecular formula is C33H28FN7. The van der Waals surface area contributed by atoms with E-state index >= 15 is 0 Å². The molecule has 0 radical (unpaired) electrons. The number of rotatable bonds is 6. The van der Waals surface area contributed by atoms with Crippen LogP contribution in [0, 0.1) is 11.2 Å². The van der Waals surface area contributed by atoms with Crippen LogP contribution < -0.4 is 0 Å². The number of aromatic nitrogens is 7. The van der Waals surface area contributed by atoms with E-state index in [9.17, 15) is 4.39 Å². The van der Waals surface area contributed by atoms with E-state index in [-0.39, 0.29) is 11.2 Å². The van der Waals surface area contributed by atoms with Crippen molar-refractivity contribution in [1.82, 2.24) is 35.1 Å². The molecule has 41 heavy (non-hydrogen) atoms. The van der Waals surface area contributed by atoms with Gasteiger partial charge in [-0.15, -0.1) is 0 Å². The van der Waals surface area contributed by atoms with Gasteiger partial charge in [0.05, 0.1) is 10.9 Å². The summed E-state index contributed by atoms with van der Waals surface area (Å²) in [5.41, 5.74) is 9.18. The van der Waals surface area contributed by atoms with Crippen molar-refractivity contribution in [3.63, 3.8) is 0 Å². The number of benzene rings is 1. The fraction of sp³-hybridized carbons (Fsp3) is 0.182. The maximum absolute atomic E-state index is 13.5. The number of fused-ring (bicyclic) bond motifs is 2. The summed E-state index contributed by atoms with van der Waals surface area (Å²) in [6, 6.07) is 12.5. The number of aromatic amines is 2. The lowest BCUT2D eigenvalue weighted by molar-refractivity contribution is 0.480. The maximum Gasteiger partial charge on any atom is 0.181 e. The second kappa shape index (κ2) is 9.89. The minimum atomic E-state index is -0.278. The van der Waals surface area contributed by atoms with Crippen molar-refractivity contribution in [3.05, 3.63) is 102 Å². The quantitative estimate of drug-likeness (QED) is 0.226. The van der Waals surface area contributed by atoms with Crippen LogP contribution in [0.1, 0.15) is 32.3 Å². The Morgan fingerprint density at radius 3 is 2.59 bits per heavy atom. The number of nitrogens with zero attached hydrogens (tertiary/aromatic N) is 5. The van der Waals surface area contributed by atoms with Gasteiger partial charge in [0.1, 0.15) is 11.5 Å². The van der Waals surface area contributed by atoms with Crippen LogP contribution in [0.5, 0.6) is 0 Å². The van der Waals surface area contributed by atoms with Crippen LogP contribution in [0.4, 0.5) is 4.39 Å². The van der Waals surface area contributed by atoms with Crippen molar-refractivity contribution in [2.45, 2.75) is 33.1 Å². The van der Waals surface area contributed by atoms with Gasteiger partial charge in [-0.2, -0.15) is 5.10 Å². The van der Waals surface area contributed by atoms with Gasteiger partial charge >= 0.3 is 0 Å². The molecule has 5 aromatic heterocycles. The third-order valence-electron chi connectivity index (χ3n) is 7.66. The molecule has 1 aliphatic rings. The number of hydrogen-bond acceptors (Lipinski definition) is 5. The second-order valence-electron chi connectivity index (χ2n) is 11.2. The fourth-order valence-corrected chi connectivity index (χ4v) is 5.26. The molecule has 5 heterocycles. The van der Waals surface area contributed by atoms with E-state index in [1.54, 1.807) is 18.3 Å². The van der Waals surface area contributed by atoms with Crippen molar-refractivity contribution >= 4 is 22.2 Å². The first-order valence-corrected chi connectivity index (χ1v) is 13.7. The highest BCUT2D eigenvalue weighted by Crippen LogP contribution is 2.33. The van der Waals surface area contributed by atoms with E-state index < -0.39 is 0 Å². The topological polar surface area (TPSA) is 96.0 Å². The van der Waals surface area contributed by atoms with Crippen molar-refractivity contribution < 1.29 is 4.39 Å². The normalized spacial score (nSPS) is 14.6. The zero-order chi connectivity index (χ0) is 28.0. The van der Waals surface area contributed by atoms with Gasteiger partial charge in [-0.1, -0.05) is 49.8 Å². The van der Waals surface area contributed by atoms with Crippen LogP contribution in [0.2, 0.25) is 0 Å². The standard InChI is InChI=1S/C33H28FN7/c1-33(2)12-9-20(10-13-33)3-4-21-15-23(18-35-17-21)24-16-27-29(40-41-30(27)37-19-24)32-38-28-26(11-14-36-31(28)39-32)22-5-7-25(34)8-6-22/h5-12,14-19H,3-4,13H2,1-2H3,(H,36,38,39)(H,37,40,41). The molecule has 7 rings (SSSR count). The average Bonchev–Trinajstić information content (AvgIpc) is 3.61. The molecule has 8 heteroatoms. The van der Waals surface area contributed by atoms with Crippen LogP contribution in [0.3, 0.4) is 0 Å². The van der Waals surface area contributed by atoms with E-state index in [2.05, 4.69) is 74.3 Å². The molecule has 0 fully saturated rings. The molecule has 0 saturated heterocycles. The summed E-state index contributed by atoms with van der Waals surface area (Å²) in [6.07, 6.45) is 17.2. The number of aryl methyl sites for hydroxylation is 1. The lowest BCUT2D eigenvalue weighted by atomic mass is 9.83. The SMILES string of the molecule is CC1(C)C=CC(CCc2cncc(-c3cnc4n[nH]c(-c5nc6nccc(-c7ccc(F)cc7)c6[nH]5)c4c3)c2)=CC1. The minimum absolute atomic E-state index is 0.242. The molecule has 6 aromatic rings. The Hall–Kier alpha value is -4.98. The van der Waals surface area contributed by atoms with Crippen molar-refractivity contribution in [3.8, 4) is 33.8 Å². The highest BCUT2D eigenvalue weighted by Gasteiger charge is 2.18. The Bertz CT molecular complexity index is 1960. The molecule has 2 N–H and O–H groups in total. The summed E-state index contributed by atoms with van der Waals surface area (Å²) in [5, 5.41) is 8.35. The van der Waals surface area contributed by atoms with Crippen LogP contribution in [0.25, 0.3) is 56.0 Å². The highest BCUT2D eigenvalue weighted by atomic mass is 19.1. The van der Waals surface area contributed by atoms with E-state index in [0.29, 0.717) is 17.1 Å². The molecule has 0 atom stereocenters. The Balaban J connectivity index is 1.19. The Labute approximate surface area is 236 Å². The second-order valence-corrected chi connectivity index (χ2v) is 11.2. The number of H-pyrrole nitrogens is 2. The zero-order valence-electron chi connectivity index (χ0n) is 22.8. The minimum Gasteiger partial charge on any atom is -0.335 e. The van der Waals surface area contributed by atoms with Gasteiger partial charge in [0, 0.05) is 41.5 Å². The molecule has 1 aromatic carbocycles. The first-order chi connectivity index (χ1) is 19.9. The molecule has 0 saturated carbocycles. The first-order valence-electron chi connectivity index (χ1n) is 13.7. The molecule has 1 aliphatic carbocycles. The van der Waals surface area contributed by atoms with Crippen LogP contribution >= 0.6 is 0 Å². The Morgan fingerprint density at radius 2 is 1.76 bits per heavy atom. The van der Waals surface area contributed by atoms with Crippen molar-refractivity contribution in [1.29, 1.82) is 0 Å². The number of nitrogens with one attached hydrogen (secondary N) is 2. The molecule has 7 nitrogen and oxygen atoms in total. The summed E-state index contributed by atoms with van der Waals surface area (Å²) in [7, 11) is 0. The van der Waals surface area contributed by atoms with Gasteiger partial charge in [-0.25, -0.2) is 19.3 Å². The summed E-state index contributed by atoms with van der Waals surface area (Å²) in [6.45, 7) is 4.52. The molecule has 0 unspecified atom stereocenters. The lowest BCUT2D eigenvalue weighted by Gasteiger charge is -2.22. The summed E-state index contributed by atoms with van der Waals surface area (Å²) >= 11 is 0. The van der Waals surface area contributed by atoms with Crippen molar-refractivity contribution in [2.24, 2.45) is 5.41 Å². The van der Waals surface area contributed by atoms with Crippen LogP contribution in [-0.4, -0.2) is 35.1 Å². The first kappa shape index (κ1) is 25.0. The summed E-state index contributed by atoms with van der Waals surface area (Å²) in [4.78, 5) is 21.7. The Kier molecular flexibility index (Phi) is 6.03. The van der Waals surface area contributed by atoms with Gasteiger partial charge in [-0.05, 0) is 66.1 Å². The number of hydrogen-bond donors (Lipinski definition) is 2. The summed E-state index contributed by atoms with van der Waals surface area (Å²) < 4.78 is 13.5. The Morgan fingerprint density at radius 1 is 0.902 bits per heavy atom. The summed E-state index contributed by atoms with van der Waals surface area (Å²) in [5.74, 6) is 0.326. The lowest BCUT2D eigenvalue weighted by Crippen LogP contribution is -2.09. The highest BCUT2D eigenvalue weighted by molar-refractivity contribution is 5.96. The number of halogens is 1. The molecule has 202 valence electrons. The van der Waals surface area contributed by atoms with Gasteiger partial charge in [0.25, 0.3) is 0 Å². The third kappa shape index (κ3) is 4.93. The zero-order valence-corrected chi connectivity index (χ0v) is 22.8. The smallest absolute Gasteiger partial charge is 0.181 e. The van der Waals surface area contributed by atoms with Crippen molar-refractivity contribution in [2.75, 3.05) is 0 Å². The van der Waals surface area contributed by atoms with Gasteiger partial charge in [0.15, 0.2) is 17.1 Å². The van der Waals surface area contributed by atoms with E-state index in [1.807, 2.05) is 24.7 Å². The van der Waals surface area contributed by atoms with E-state index in [0.717, 1.165) is 58.1 Å². The van der Waals surface area contributed by atoms with Gasteiger partial charge in [0.2, 0.25) is 0 Å². The number of allylic oxidation sites excluding steroid dienone is 4. The number of pyridine rings is 3. The third-order valence-corrected chi connectivity index (χ3v) is 7.66. The van der Waals surface area contributed by atoms with E-state index in [4.69, 9.17) is 4.98 Å². The number of imidazole rings is 1. The molecular weight excluding hydrogens is 513 g/mol. The van der Waals surface area contributed by atoms with Gasteiger partial charge < -0.3 is 4.98 Å². The van der Waals surface area contributed by atoms with E-state index in [1.165, 1.54) is 23.3 Å². The monoisotopic (exact) mass is 541 g/mol. The predicted octanol–water partition coefficient (Wildman–Crippen LogP) is 7.61. The van der Waals surface area contributed by atoms with Crippen LogP contribution in [0.15, 0.2) is 91.1 Å².